The summed E-state index contributed by atoms with van der Waals surface area (Å²) < 4.78 is 0.263. The van der Waals surface area contributed by atoms with Crippen molar-refractivity contribution in [2.45, 2.75) is 84.0 Å². The highest BCUT2D eigenvalue weighted by molar-refractivity contribution is 5.75. The molecule has 0 atom stereocenters. The van der Waals surface area contributed by atoms with Crippen LogP contribution in [0.25, 0.3) is 0 Å². The van der Waals surface area contributed by atoms with Gasteiger partial charge >= 0.3 is 5.97 Å². The summed E-state index contributed by atoms with van der Waals surface area (Å²) in [6, 6.07) is 0. The van der Waals surface area contributed by atoms with E-state index in [1.807, 2.05) is 0 Å². The van der Waals surface area contributed by atoms with Crippen LogP contribution in [0.15, 0.2) is 0 Å². The second-order valence-corrected chi connectivity index (χ2v) is 7.53. The van der Waals surface area contributed by atoms with Gasteiger partial charge in [0.15, 0.2) is 13.2 Å². The van der Waals surface area contributed by atoms with Crippen LogP contribution in [0.3, 0.4) is 0 Å². The van der Waals surface area contributed by atoms with Crippen molar-refractivity contribution in [3.05, 3.63) is 0 Å². The zero-order valence-electron chi connectivity index (χ0n) is 16.1. The molecule has 0 rings (SSSR count). The van der Waals surface area contributed by atoms with Gasteiger partial charge in [0.2, 0.25) is 5.91 Å². The summed E-state index contributed by atoms with van der Waals surface area (Å²) >= 11 is 0. The Morgan fingerprint density at radius 3 is 1.75 bits per heavy atom. The lowest BCUT2D eigenvalue weighted by atomic mass is 10.1. The van der Waals surface area contributed by atoms with Gasteiger partial charge in [-0.25, -0.2) is 4.79 Å². The van der Waals surface area contributed by atoms with Crippen molar-refractivity contribution in [2.75, 3.05) is 27.3 Å². The third-order valence-corrected chi connectivity index (χ3v) is 4.27. The molecule has 0 aromatic heterocycles. The number of nitrogens with one attached hydrogen (secondary N) is 1. The number of quaternary nitrogens is 1. The van der Waals surface area contributed by atoms with E-state index in [-0.39, 0.29) is 16.9 Å². The molecular formula is C19H39N2O3+. The summed E-state index contributed by atoms with van der Waals surface area (Å²) in [5, 5.41) is 11.6. The molecule has 1 amide bonds. The number of rotatable bonds is 16. The van der Waals surface area contributed by atoms with Crippen LogP contribution in [-0.4, -0.2) is 48.8 Å². The Kier molecular flexibility index (Phi) is 13.6. The maximum atomic E-state index is 11.8. The average molecular weight is 344 g/mol. The minimum atomic E-state index is -0.848. The standard InChI is InChI=1S/C19H38N2O3/c1-4-5-6-7-8-9-10-11-12-13-14-15-18(22)20-17-21(2,3)16-19(23)24/h4-17H2,1-3H3,(H-,20,22,23,24)/p+1. The quantitative estimate of drug-likeness (QED) is 0.253. The number of carbonyl (C=O) groups is 2. The zero-order valence-corrected chi connectivity index (χ0v) is 16.1. The molecule has 24 heavy (non-hydrogen) atoms. The topological polar surface area (TPSA) is 66.4 Å². The molecule has 0 unspecified atom stereocenters. The molecule has 0 fully saturated rings. The Bertz CT molecular complexity index is 344. The van der Waals surface area contributed by atoms with Gasteiger partial charge in [0.05, 0.1) is 14.1 Å². The third kappa shape index (κ3) is 15.8. The highest BCUT2D eigenvalue weighted by atomic mass is 16.4. The number of carbonyl (C=O) groups excluding carboxylic acids is 1. The lowest BCUT2D eigenvalue weighted by molar-refractivity contribution is -0.884. The van der Waals surface area contributed by atoms with Gasteiger partial charge in [0.25, 0.3) is 0 Å². The normalized spacial score (nSPS) is 11.5. The monoisotopic (exact) mass is 343 g/mol. The van der Waals surface area contributed by atoms with Gasteiger partial charge in [-0.15, -0.1) is 0 Å². The molecule has 5 nitrogen and oxygen atoms in total. The highest BCUT2D eigenvalue weighted by Crippen LogP contribution is 2.11. The third-order valence-electron chi connectivity index (χ3n) is 4.27. The van der Waals surface area contributed by atoms with E-state index < -0.39 is 5.97 Å². The number of hydrogen-bond acceptors (Lipinski definition) is 2. The molecule has 2 N–H and O–H groups in total. The van der Waals surface area contributed by atoms with Gasteiger partial charge in [0.1, 0.15) is 0 Å². The smallest absolute Gasteiger partial charge is 0.359 e. The second-order valence-electron chi connectivity index (χ2n) is 7.53. The molecular weight excluding hydrogens is 304 g/mol. The first-order chi connectivity index (χ1) is 11.4. The van der Waals surface area contributed by atoms with Crippen LogP contribution >= 0.6 is 0 Å². The van der Waals surface area contributed by atoms with Crippen LogP contribution in [0.5, 0.6) is 0 Å². The van der Waals surface area contributed by atoms with Crippen LogP contribution in [0.2, 0.25) is 0 Å². The van der Waals surface area contributed by atoms with Crippen molar-refractivity contribution in [2.24, 2.45) is 0 Å². The maximum Gasteiger partial charge on any atom is 0.359 e. The van der Waals surface area contributed by atoms with E-state index in [0.29, 0.717) is 13.1 Å². The summed E-state index contributed by atoms with van der Waals surface area (Å²) in [4.78, 5) is 22.5. The first-order valence-electron chi connectivity index (χ1n) is 9.68. The van der Waals surface area contributed by atoms with E-state index in [1.165, 1.54) is 57.8 Å². The van der Waals surface area contributed by atoms with Crippen molar-refractivity contribution in [1.82, 2.24) is 5.32 Å². The molecule has 0 aliphatic rings. The van der Waals surface area contributed by atoms with Crippen molar-refractivity contribution in [3.8, 4) is 0 Å². The van der Waals surface area contributed by atoms with Crippen LogP contribution in [0, 0.1) is 0 Å². The first kappa shape index (κ1) is 22.9. The Hall–Kier alpha value is -1.10. The Labute approximate surface area is 148 Å². The summed E-state index contributed by atoms with van der Waals surface area (Å²) in [6.45, 7) is 2.62. The number of likely N-dealkylation sites (N-methyl/N-ethyl adjacent to an activating group) is 1. The molecule has 0 aromatic rings. The number of carboxylic acid groups (broad SMARTS) is 1. The Balaban J connectivity index is 3.42. The van der Waals surface area contributed by atoms with E-state index in [1.54, 1.807) is 14.1 Å². The molecule has 0 aliphatic heterocycles. The molecule has 0 bridgehead atoms. The molecule has 0 heterocycles. The van der Waals surface area contributed by atoms with E-state index >= 15 is 0 Å². The van der Waals surface area contributed by atoms with Crippen LogP contribution < -0.4 is 5.32 Å². The molecule has 0 saturated carbocycles. The molecule has 0 aliphatic carbocycles. The molecule has 0 saturated heterocycles. The number of nitrogens with zero attached hydrogens (tertiary/aromatic N) is 1. The van der Waals surface area contributed by atoms with E-state index in [9.17, 15) is 9.59 Å². The van der Waals surface area contributed by atoms with Gasteiger partial charge < -0.3 is 14.9 Å². The van der Waals surface area contributed by atoms with E-state index in [0.717, 1.165) is 12.8 Å². The highest BCUT2D eigenvalue weighted by Gasteiger charge is 2.19. The zero-order chi connectivity index (χ0) is 18.3. The largest absolute Gasteiger partial charge is 0.477 e. The summed E-state index contributed by atoms with van der Waals surface area (Å²) in [5.41, 5.74) is 0. The fraction of sp³-hybridized carbons (Fsp3) is 0.895. The molecule has 0 spiro atoms. The maximum absolute atomic E-state index is 11.8. The molecule has 5 heteroatoms. The number of aliphatic carboxylic acids is 1. The Morgan fingerprint density at radius 2 is 1.29 bits per heavy atom. The predicted octanol–water partition coefficient (Wildman–Crippen LogP) is 3.92. The van der Waals surface area contributed by atoms with Crippen LogP contribution in [0.1, 0.15) is 84.0 Å². The van der Waals surface area contributed by atoms with Crippen LogP contribution in [0.4, 0.5) is 0 Å². The van der Waals surface area contributed by atoms with Crippen molar-refractivity contribution in [1.29, 1.82) is 0 Å². The predicted molar refractivity (Wildman–Crippen MR) is 98.7 cm³/mol. The second kappa shape index (κ2) is 14.3. The van der Waals surface area contributed by atoms with E-state index in [4.69, 9.17) is 5.11 Å². The van der Waals surface area contributed by atoms with Crippen LogP contribution in [-0.2, 0) is 9.59 Å². The van der Waals surface area contributed by atoms with E-state index in [2.05, 4.69) is 12.2 Å². The minimum absolute atomic E-state index is 0.0126. The van der Waals surface area contributed by atoms with Gasteiger partial charge in [0, 0.05) is 6.42 Å². The number of hydrogen-bond donors (Lipinski definition) is 2. The number of carboxylic acids is 1. The number of unbranched alkanes of at least 4 members (excludes halogenated alkanes) is 10. The molecule has 0 aromatic carbocycles. The van der Waals surface area contributed by atoms with Gasteiger partial charge in [-0.2, -0.15) is 0 Å². The number of amides is 1. The Morgan fingerprint density at radius 1 is 0.833 bits per heavy atom. The summed E-state index contributed by atoms with van der Waals surface area (Å²) in [7, 11) is 3.60. The lowest BCUT2D eigenvalue weighted by Gasteiger charge is -2.27. The SMILES string of the molecule is CCCCCCCCCCCCCC(=O)NC[N+](C)(C)CC(=O)O. The first-order valence-corrected chi connectivity index (χ1v) is 9.68. The van der Waals surface area contributed by atoms with Gasteiger partial charge in [-0.1, -0.05) is 71.1 Å². The minimum Gasteiger partial charge on any atom is -0.477 e. The van der Waals surface area contributed by atoms with Crippen molar-refractivity contribution in [3.63, 3.8) is 0 Å². The molecule has 0 radical (unpaired) electrons. The van der Waals surface area contributed by atoms with Crippen molar-refractivity contribution < 1.29 is 19.2 Å². The van der Waals surface area contributed by atoms with Gasteiger partial charge in [-0.3, -0.25) is 4.79 Å². The summed E-state index contributed by atoms with van der Waals surface area (Å²) in [5.74, 6) is -0.817. The fourth-order valence-electron chi connectivity index (χ4n) is 2.76. The fourth-order valence-corrected chi connectivity index (χ4v) is 2.76. The lowest BCUT2D eigenvalue weighted by Crippen LogP contribution is -2.50. The molecule has 142 valence electrons. The van der Waals surface area contributed by atoms with Gasteiger partial charge in [-0.05, 0) is 6.42 Å². The average Bonchev–Trinajstić information content (AvgIpc) is 2.49. The summed E-state index contributed by atoms with van der Waals surface area (Å²) in [6.07, 6.45) is 14.5. The van der Waals surface area contributed by atoms with Crippen molar-refractivity contribution >= 4 is 11.9 Å².